The third kappa shape index (κ3) is 6.03. The first-order chi connectivity index (χ1) is 9.85. The molecule has 0 spiro atoms. The summed E-state index contributed by atoms with van der Waals surface area (Å²) in [7, 11) is 0. The van der Waals surface area contributed by atoms with Crippen molar-refractivity contribution in [1.82, 2.24) is 4.90 Å². The summed E-state index contributed by atoms with van der Waals surface area (Å²) < 4.78 is 42.9. The van der Waals surface area contributed by atoms with E-state index in [1.807, 2.05) is 0 Å². The molecule has 7 heteroatoms. The third-order valence-corrected chi connectivity index (χ3v) is 2.77. The predicted molar refractivity (Wildman–Crippen MR) is 73.9 cm³/mol. The van der Waals surface area contributed by atoms with Crippen molar-refractivity contribution >= 4 is 11.6 Å². The van der Waals surface area contributed by atoms with Crippen LogP contribution in [0.1, 0.15) is 23.7 Å². The summed E-state index contributed by atoms with van der Waals surface area (Å²) in [6, 6.07) is 6.09. The molecule has 0 aliphatic heterocycles. The van der Waals surface area contributed by atoms with Crippen molar-refractivity contribution in [3.05, 3.63) is 29.8 Å². The minimum atomic E-state index is -4.45. The van der Waals surface area contributed by atoms with E-state index in [-0.39, 0.29) is 17.8 Å². The monoisotopic (exact) mass is 304 g/mol. The van der Waals surface area contributed by atoms with E-state index < -0.39 is 18.6 Å². The molecular formula is C14H19F3N2O2. The lowest BCUT2D eigenvalue weighted by Gasteiger charge is -2.24. The summed E-state index contributed by atoms with van der Waals surface area (Å²) in [5, 5.41) is 0. The summed E-state index contributed by atoms with van der Waals surface area (Å²) >= 11 is 0. The zero-order valence-electron chi connectivity index (χ0n) is 11.8. The van der Waals surface area contributed by atoms with Gasteiger partial charge in [-0.15, -0.1) is 0 Å². The minimum Gasteiger partial charge on any atom is -0.398 e. The van der Waals surface area contributed by atoms with Crippen LogP contribution in [0.4, 0.5) is 18.9 Å². The van der Waals surface area contributed by atoms with E-state index in [2.05, 4.69) is 0 Å². The maximum absolute atomic E-state index is 12.6. The molecule has 0 unspecified atom stereocenters. The Morgan fingerprint density at radius 1 is 1.33 bits per heavy atom. The largest absolute Gasteiger partial charge is 0.406 e. The van der Waals surface area contributed by atoms with Gasteiger partial charge in [-0.1, -0.05) is 12.1 Å². The molecule has 0 aliphatic rings. The molecule has 0 fully saturated rings. The Balaban J connectivity index is 2.79. The third-order valence-electron chi connectivity index (χ3n) is 2.77. The number of alkyl halides is 3. The molecule has 0 heterocycles. The molecule has 1 rings (SSSR count). The molecule has 0 saturated carbocycles. The second-order valence-electron chi connectivity index (χ2n) is 4.48. The molecular weight excluding hydrogens is 285 g/mol. The number of halogens is 3. The second-order valence-corrected chi connectivity index (χ2v) is 4.48. The Morgan fingerprint density at radius 3 is 2.57 bits per heavy atom. The van der Waals surface area contributed by atoms with Crippen molar-refractivity contribution in [2.24, 2.45) is 0 Å². The summed E-state index contributed by atoms with van der Waals surface area (Å²) in [5.41, 5.74) is 5.89. The molecule has 4 nitrogen and oxygen atoms in total. The second kappa shape index (κ2) is 7.87. The van der Waals surface area contributed by atoms with Crippen LogP contribution in [0.5, 0.6) is 0 Å². The van der Waals surface area contributed by atoms with Crippen LogP contribution >= 0.6 is 0 Å². The van der Waals surface area contributed by atoms with Crippen LogP contribution in [-0.4, -0.2) is 43.3 Å². The van der Waals surface area contributed by atoms with E-state index >= 15 is 0 Å². The number of carbonyl (C=O) groups is 1. The smallest absolute Gasteiger partial charge is 0.398 e. The van der Waals surface area contributed by atoms with E-state index in [1.54, 1.807) is 19.1 Å². The number of amides is 1. The molecule has 1 aromatic rings. The van der Waals surface area contributed by atoms with Gasteiger partial charge >= 0.3 is 6.18 Å². The average molecular weight is 304 g/mol. The molecule has 1 amide bonds. The highest BCUT2D eigenvalue weighted by molar-refractivity contribution is 5.99. The van der Waals surface area contributed by atoms with Gasteiger partial charge in [-0.3, -0.25) is 4.79 Å². The zero-order chi connectivity index (χ0) is 15.9. The van der Waals surface area contributed by atoms with E-state index in [0.29, 0.717) is 19.6 Å². The van der Waals surface area contributed by atoms with Crippen molar-refractivity contribution in [2.75, 3.05) is 32.0 Å². The Labute approximate surface area is 121 Å². The van der Waals surface area contributed by atoms with Gasteiger partial charge in [0, 0.05) is 25.4 Å². The zero-order valence-corrected chi connectivity index (χ0v) is 11.8. The van der Waals surface area contributed by atoms with Crippen LogP contribution in [0.3, 0.4) is 0 Å². The number of nitrogens with zero attached hydrogens (tertiary/aromatic N) is 1. The predicted octanol–water partition coefficient (Wildman–Crippen LogP) is 2.70. The number of hydrogen-bond acceptors (Lipinski definition) is 3. The van der Waals surface area contributed by atoms with Gasteiger partial charge in [-0.2, -0.15) is 13.2 Å². The number of benzene rings is 1. The van der Waals surface area contributed by atoms with E-state index in [9.17, 15) is 18.0 Å². The molecule has 2 N–H and O–H groups in total. The first kappa shape index (κ1) is 17.3. The lowest BCUT2D eigenvalue weighted by Crippen LogP contribution is -2.40. The molecule has 0 radical (unpaired) electrons. The maximum Gasteiger partial charge on any atom is 0.406 e. The van der Waals surface area contributed by atoms with Crippen LogP contribution in [0.15, 0.2) is 24.3 Å². The summed E-state index contributed by atoms with van der Waals surface area (Å²) in [6.07, 6.45) is -4.12. The molecule has 0 atom stereocenters. The van der Waals surface area contributed by atoms with Crippen molar-refractivity contribution in [1.29, 1.82) is 0 Å². The molecule has 0 aliphatic carbocycles. The quantitative estimate of drug-likeness (QED) is 0.622. The van der Waals surface area contributed by atoms with Crippen LogP contribution < -0.4 is 5.73 Å². The van der Waals surface area contributed by atoms with Crippen molar-refractivity contribution in [3.63, 3.8) is 0 Å². The highest BCUT2D eigenvalue weighted by Crippen LogP contribution is 2.20. The Morgan fingerprint density at radius 2 is 2.00 bits per heavy atom. The van der Waals surface area contributed by atoms with Gasteiger partial charge < -0.3 is 15.4 Å². The molecule has 0 saturated heterocycles. The molecule has 1 aromatic carbocycles. The summed E-state index contributed by atoms with van der Waals surface area (Å²) in [4.78, 5) is 13.0. The summed E-state index contributed by atoms with van der Waals surface area (Å²) in [5.74, 6) is -0.720. The fraction of sp³-hybridized carbons (Fsp3) is 0.500. The number of nitrogens with two attached hydrogens (primary N) is 1. The molecule has 118 valence electrons. The van der Waals surface area contributed by atoms with Gasteiger partial charge in [0.15, 0.2) is 0 Å². The first-order valence-electron chi connectivity index (χ1n) is 6.63. The normalized spacial score (nSPS) is 11.4. The number of anilines is 1. The Kier molecular flexibility index (Phi) is 6.48. The number of ether oxygens (including phenoxy) is 1. The van der Waals surface area contributed by atoms with Crippen LogP contribution in [0.2, 0.25) is 0 Å². The Hall–Kier alpha value is -1.76. The van der Waals surface area contributed by atoms with E-state index in [1.165, 1.54) is 12.1 Å². The number of hydrogen-bond donors (Lipinski definition) is 1. The fourth-order valence-electron chi connectivity index (χ4n) is 1.83. The van der Waals surface area contributed by atoms with Crippen LogP contribution in [0.25, 0.3) is 0 Å². The highest BCUT2D eigenvalue weighted by atomic mass is 19.4. The SMILES string of the molecule is CCOCCCN(CC(F)(F)F)C(=O)c1ccccc1N. The van der Waals surface area contributed by atoms with Gasteiger partial charge in [0.05, 0.1) is 5.56 Å². The number of rotatable bonds is 7. The number of carbonyl (C=O) groups excluding carboxylic acids is 1. The van der Waals surface area contributed by atoms with Crippen LogP contribution in [0, 0.1) is 0 Å². The molecule has 0 bridgehead atoms. The van der Waals surface area contributed by atoms with Crippen molar-refractivity contribution < 1.29 is 22.7 Å². The standard InChI is InChI=1S/C14H19F3N2O2/c1-2-21-9-5-8-19(10-14(15,16)17)13(20)11-6-3-4-7-12(11)18/h3-4,6-7H,2,5,8-10,18H2,1H3. The van der Waals surface area contributed by atoms with Gasteiger partial charge in [0.25, 0.3) is 5.91 Å². The molecule has 21 heavy (non-hydrogen) atoms. The van der Waals surface area contributed by atoms with Gasteiger partial charge in [-0.25, -0.2) is 0 Å². The topological polar surface area (TPSA) is 55.6 Å². The van der Waals surface area contributed by atoms with Crippen molar-refractivity contribution in [3.8, 4) is 0 Å². The van der Waals surface area contributed by atoms with E-state index in [4.69, 9.17) is 10.5 Å². The maximum atomic E-state index is 12.6. The summed E-state index contributed by atoms with van der Waals surface area (Å²) in [6.45, 7) is 1.25. The lowest BCUT2D eigenvalue weighted by atomic mass is 10.1. The number of para-hydroxylation sites is 1. The average Bonchev–Trinajstić information content (AvgIpc) is 2.41. The lowest BCUT2D eigenvalue weighted by molar-refractivity contribution is -0.141. The van der Waals surface area contributed by atoms with Gasteiger partial charge in [0.1, 0.15) is 6.54 Å². The fourth-order valence-corrected chi connectivity index (χ4v) is 1.83. The Bertz CT molecular complexity index is 464. The highest BCUT2D eigenvalue weighted by Gasteiger charge is 2.33. The van der Waals surface area contributed by atoms with E-state index in [0.717, 1.165) is 4.90 Å². The van der Waals surface area contributed by atoms with Crippen molar-refractivity contribution in [2.45, 2.75) is 19.5 Å². The number of nitrogen functional groups attached to an aromatic ring is 1. The van der Waals surface area contributed by atoms with Crippen LogP contribution in [-0.2, 0) is 4.74 Å². The van der Waals surface area contributed by atoms with Gasteiger partial charge in [0.2, 0.25) is 0 Å². The first-order valence-corrected chi connectivity index (χ1v) is 6.63. The minimum absolute atomic E-state index is 0.0350. The van der Waals surface area contributed by atoms with Gasteiger partial charge in [-0.05, 0) is 25.5 Å². The molecule has 0 aromatic heterocycles.